The van der Waals surface area contributed by atoms with Crippen LogP contribution in [-0.4, -0.2) is 45.4 Å². The first-order valence-electron chi connectivity index (χ1n) is 10.1. The fourth-order valence-electron chi connectivity index (χ4n) is 3.79. The molecule has 3 rings (SSSR count). The van der Waals surface area contributed by atoms with Crippen molar-refractivity contribution in [2.24, 2.45) is 0 Å². The van der Waals surface area contributed by atoms with Crippen molar-refractivity contribution in [3.63, 3.8) is 0 Å². The molecular formula is C22H30N4O2. The van der Waals surface area contributed by atoms with Crippen LogP contribution >= 0.6 is 0 Å². The molecule has 1 aromatic carbocycles. The number of imidazole rings is 1. The lowest BCUT2D eigenvalue weighted by atomic mass is 10.0. The molecule has 1 atom stereocenters. The van der Waals surface area contributed by atoms with E-state index < -0.39 is 0 Å². The molecule has 2 heterocycles. The van der Waals surface area contributed by atoms with Crippen molar-refractivity contribution in [3.05, 3.63) is 42.2 Å². The Morgan fingerprint density at radius 2 is 2.07 bits per heavy atom. The van der Waals surface area contributed by atoms with E-state index in [2.05, 4.69) is 18.8 Å². The number of aryl methyl sites for hydroxylation is 1. The average molecular weight is 383 g/mol. The van der Waals surface area contributed by atoms with Gasteiger partial charge in [0.1, 0.15) is 12.4 Å². The summed E-state index contributed by atoms with van der Waals surface area (Å²) in [4.78, 5) is 31.4. The van der Waals surface area contributed by atoms with Gasteiger partial charge < -0.3 is 14.8 Å². The summed E-state index contributed by atoms with van der Waals surface area (Å²) in [5.74, 6) is 0.929. The lowest BCUT2D eigenvalue weighted by Crippen LogP contribution is -2.43. The van der Waals surface area contributed by atoms with E-state index in [1.54, 1.807) is 6.92 Å². The van der Waals surface area contributed by atoms with Gasteiger partial charge in [-0.1, -0.05) is 18.7 Å². The van der Waals surface area contributed by atoms with Crippen molar-refractivity contribution in [1.29, 1.82) is 0 Å². The fourth-order valence-corrected chi connectivity index (χ4v) is 3.79. The maximum Gasteiger partial charge on any atom is 0.246 e. The minimum absolute atomic E-state index is 0.122. The summed E-state index contributed by atoms with van der Waals surface area (Å²) in [5, 5.41) is 2.85. The molecule has 0 saturated carbocycles. The largest absolute Gasteiger partial charge is 0.352 e. The number of likely N-dealkylation sites (tertiary alicyclic amines) is 1. The van der Waals surface area contributed by atoms with Crippen LogP contribution in [0.15, 0.2) is 36.4 Å². The normalized spacial score (nSPS) is 16.9. The molecule has 1 aliphatic rings. The summed E-state index contributed by atoms with van der Waals surface area (Å²) >= 11 is 0. The van der Waals surface area contributed by atoms with Crippen LogP contribution in [0.2, 0.25) is 0 Å². The highest BCUT2D eigenvalue weighted by Crippen LogP contribution is 2.20. The Morgan fingerprint density at radius 3 is 2.82 bits per heavy atom. The molecule has 28 heavy (non-hydrogen) atoms. The highest BCUT2D eigenvalue weighted by molar-refractivity contribution is 5.92. The standard InChI is InChI=1S/C22H30N4O2/c1-16(2)22(28)23-13-8-12-20-24-18-10-4-5-11-19(18)26(20)15-21(27)25-14-7-6-9-17(25)3/h4-5,10-11,17H,1,6-9,12-15H2,2-3H3,(H,23,28). The Hall–Kier alpha value is -2.63. The number of carbonyl (C=O) groups is 2. The maximum atomic E-state index is 13.0. The lowest BCUT2D eigenvalue weighted by molar-refractivity contribution is -0.135. The third-order valence-corrected chi connectivity index (χ3v) is 5.40. The van der Waals surface area contributed by atoms with Gasteiger partial charge >= 0.3 is 0 Å². The zero-order valence-corrected chi connectivity index (χ0v) is 16.9. The number of rotatable bonds is 7. The molecule has 0 radical (unpaired) electrons. The molecule has 1 saturated heterocycles. The second-order valence-electron chi connectivity index (χ2n) is 7.67. The third kappa shape index (κ3) is 4.61. The molecule has 1 aromatic heterocycles. The first-order chi connectivity index (χ1) is 13.5. The van der Waals surface area contributed by atoms with Crippen LogP contribution in [0.4, 0.5) is 0 Å². The molecule has 6 nitrogen and oxygen atoms in total. The molecule has 6 heteroatoms. The summed E-state index contributed by atoms with van der Waals surface area (Å²) < 4.78 is 2.04. The van der Waals surface area contributed by atoms with E-state index in [0.29, 0.717) is 31.1 Å². The van der Waals surface area contributed by atoms with Crippen LogP contribution in [0.1, 0.15) is 45.4 Å². The number of hydrogen-bond acceptors (Lipinski definition) is 3. The van der Waals surface area contributed by atoms with Crippen molar-refractivity contribution >= 4 is 22.8 Å². The van der Waals surface area contributed by atoms with Crippen LogP contribution in [0, 0.1) is 0 Å². The molecule has 1 fully saturated rings. The number of amides is 2. The van der Waals surface area contributed by atoms with Gasteiger partial charge in [0.15, 0.2) is 0 Å². The Kier molecular flexibility index (Phi) is 6.49. The number of carbonyl (C=O) groups excluding carboxylic acids is 2. The second-order valence-corrected chi connectivity index (χ2v) is 7.67. The highest BCUT2D eigenvalue weighted by atomic mass is 16.2. The number of para-hydroxylation sites is 2. The molecule has 1 N–H and O–H groups in total. The molecule has 1 aliphatic heterocycles. The monoisotopic (exact) mass is 382 g/mol. The highest BCUT2D eigenvalue weighted by Gasteiger charge is 2.24. The van der Waals surface area contributed by atoms with Gasteiger partial charge in [-0.2, -0.15) is 0 Å². The number of aromatic nitrogens is 2. The van der Waals surface area contributed by atoms with Crippen molar-refractivity contribution in [2.75, 3.05) is 13.1 Å². The number of benzene rings is 1. The van der Waals surface area contributed by atoms with Gasteiger partial charge in [-0.05, 0) is 51.7 Å². The molecule has 0 aliphatic carbocycles. The molecule has 150 valence electrons. The first-order valence-corrected chi connectivity index (χ1v) is 10.1. The lowest BCUT2D eigenvalue weighted by Gasteiger charge is -2.33. The van der Waals surface area contributed by atoms with Gasteiger partial charge in [-0.3, -0.25) is 9.59 Å². The summed E-state index contributed by atoms with van der Waals surface area (Å²) in [6, 6.07) is 8.24. The molecule has 0 bridgehead atoms. The second kappa shape index (κ2) is 9.04. The van der Waals surface area contributed by atoms with Crippen LogP contribution in [0.5, 0.6) is 0 Å². The molecule has 1 unspecified atom stereocenters. The van der Waals surface area contributed by atoms with E-state index in [-0.39, 0.29) is 11.8 Å². The molecule has 2 amide bonds. The van der Waals surface area contributed by atoms with E-state index in [0.717, 1.165) is 42.7 Å². The smallest absolute Gasteiger partial charge is 0.246 e. The van der Waals surface area contributed by atoms with Crippen LogP contribution in [-0.2, 0) is 22.6 Å². The average Bonchev–Trinajstić information content (AvgIpc) is 3.02. The zero-order valence-electron chi connectivity index (χ0n) is 16.9. The van der Waals surface area contributed by atoms with Crippen molar-refractivity contribution in [3.8, 4) is 0 Å². The predicted octanol–water partition coefficient (Wildman–Crippen LogP) is 3.06. The SMILES string of the molecule is C=C(C)C(=O)NCCCc1nc2ccccc2n1CC(=O)N1CCCCC1C. The van der Waals surface area contributed by atoms with Gasteiger partial charge in [0, 0.05) is 31.1 Å². The van der Waals surface area contributed by atoms with Gasteiger partial charge in [-0.25, -0.2) is 4.98 Å². The minimum atomic E-state index is -0.122. The number of hydrogen-bond donors (Lipinski definition) is 1. The van der Waals surface area contributed by atoms with Gasteiger partial charge in [0.05, 0.1) is 11.0 Å². The van der Waals surface area contributed by atoms with Crippen molar-refractivity contribution in [2.45, 2.75) is 58.5 Å². The topological polar surface area (TPSA) is 67.2 Å². The summed E-state index contributed by atoms with van der Waals surface area (Å²) in [5.41, 5.74) is 2.40. The number of piperidine rings is 1. The third-order valence-electron chi connectivity index (χ3n) is 5.40. The Labute approximate surface area is 166 Å². The van der Waals surface area contributed by atoms with Crippen LogP contribution in [0.25, 0.3) is 11.0 Å². The van der Waals surface area contributed by atoms with Gasteiger partial charge in [0.2, 0.25) is 11.8 Å². The molecular weight excluding hydrogens is 352 g/mol. The fraction of sp³-hybridized carbons (Fsp3) is 0.500. The van der Waals surface area contributed by atoms with Crippen LogP contribution < -0.4 is 5.32 Å². The van der Waals surface area contributed by atoms with E-state index in [1.165, 1.54) is 6.42 Å². The summed E-state index contributed by atoms with van der Waals surface area (Å²) in [7, 11) is 0. The Balaban J connectivity index is 1.72. The maximum absolute atomic E-state index is 13.0. The predicted molar refractivity (Wildman–Crippen MR) is 111 cm³/mol. The Bertz CT molecular complexity index is 871. The van der Waals surface area contributed by atoms with Gasteiger partial charge in [0.25, 0.3) is 0 Å². The minimum Gasteiger partial charge on any atom is -0.352 e. The van der Waals surface area contributed by atoms with E-state index in [4.69, 9.17) is 4.98 Å². The van der Waals surface area contributed by atoms with Crippen molar-refractivity contribution < 1.29 is 9.59 Å². The molecule has 2 aromatic rings. The number of nitrogens with zero attached hydrogens (tertiary/aromatic N) is 3. The van der Waals surface area contributed by atoms with E-state index in [1.807, 2.05) is 33.7 Å². The van der Waals surface area contributed by atoms with Crippen molar-refractivity contribution in [1.82, 2.24) is 19.8 Å². The van der Waals surface area contributed by atoms with Crippen LogP contribution in [0.3, 0.4) is 0 Å². The number of fused-ring (bicyclic) bond motifs is 1. The number of nitrogens with one attached hydrogen (secondary N) is 1. The van der Waals surface area contributed by atoms with Gasteiger partial charge in [-0.15, -0.1) is 0 Å². The van der Waals surface area contributed by atoms with E-state index in [9.17, 15) is 9.59 Å². The summed E-state index contributed by atoms with van der Waals surface area (Å²) in [6.45, 7) is 9.20. The van der Waals surface area contributed by atoms with E-state index >= 15 is 0 Å². The Morgan fingerprint density at radius 1 is 1.29 bits per heavy atom. The zero-order chi connectivity index (χ0) is 20.1. The first kappa shape index (κ1) is 20.1. The quantitative estimate of drug-likeness (QED) is 0.591. The summed E-state index contributed by atoms with van der Waals surface area (Å²) in [6.07, 6.45) is 4.81. The molecule has 0 spiro atoms.